The van der Waals surface area contributed by atoms with Crippen molar-refractivity contribution in [2.45, 2.75) is 20.8 Å². The third-order valence-electron chi connectivity index (χ3n) is 3.81. The second-order valence-electron chi connectivity index (χ2n) is 5.82. The number of carbonyl (C=O) groups is 1. The first kappa shape index (κ1) is 17.1. The van der Waals surface area contributed by atoms with Gasteiger partial charge in [-0.15, -0.1) is 10.2 Å². The normalized spacial score (nSPS) is 10.5. The highest BCUT2D eigenvalue weighted by Crippen LogP contribution is 2.26. The molecule has 0 aliphatic carbocycles. The molecule has 5 nitrogen and oxygen atoms in total. The van der Waals surface area contributed by atoms with Gasteiger partial charge in [-0.05, 0) is 43.5 Å². The molecule has 25 heavy (non-hydrogen) atoms. The molecule has 0 atom stereocenters. The van der Waals surface area contributed by atoms with Crippen LogP contribution >= 0.6 is 11.3 Å². The lowest BCUT2D eigenvalue weighted by Crippen LogP contribution is -2.20. The summed E-state index contributed by atoms with van der Waals surface area (Å²) < 4.78 is 5.67. The highest BCUT2D eigenvalue weighted by molar-refractivity contribution is 7.18. The van der Waals surface area contributed by atoms with Gasteiger partial charge in [0.15, 0.2) is 6.61 Å². The number of ether oxygens (including phenoxy) is 1. The van der Waals surface area contributed by atoms with E-state index in [1.807, 2.05) is 57.2 Å². The molecule has 0 radical (unpaired) electrons. The van der Waals surface area contributed by atoms with Crippen molar-refractivity contribution in [1.29, 1.82) is 0 Å². The van der Waals surface area contributed by atoms with Gasteiger partial charge in [-0.25, -0.2) is 0 Å². The van der Waals surface area contributed by atoms with Crippen molar-refractivity contribution in [2.24, 2.45) is 0 Å². The zero-order valence-corrected chi connectivity index (χ0v) is 15.2. The Morgan fingerprint density at radius 2 is 1.88 bits per heavy atom. The van der Waals surface area contributed by atoms with Gasteiger partial charge >= 0.3 is 0 Å². The summed E-state index contributed by atoms with van der Waals surface area (Å²) in [5, 5.41) is 12.1. The molecule has 2 aromatic carbocycles. The fraction of sp³-hybridized carbons (Fsp3) is 0.211. The maximum Gasteiger partial charge on any atom is 0.264 e. The maximum absolute atomic E-state index is 12.1. The van der Waals surface area contributed by atoms with Gasteiger partial charge in [0.2, 0.25) is 5.13 Å². The van der Waals surface area contributed by atoms with Crippen molar-refractivity contribution < 1.29 is 9.53 Å². The number of benzene rings is 2. The zero-order chi connectivity index (χ0) is 17.8. The minimum absolute atomic E-state index is 0.0655. The van der Waals surface area contributed by atoms with E-state index in [1.165, 1.54) is 11.3 Å². The van der Waals surface area contributed by atoms with E-state index >= 15 is 0 Å². The Morgan fingerprint density at radius 3 is 2.64 bits per heavy atom. The lowest BCUT2D eigenvalue weighted by Gasteiger charge is -2.11. The Bertz CT molecular complexity index is 891. The van der Waals surface area contributed by atoms with Gasteiger partial charge in [-0.2, -0.15) is 0 Å². The number of aromatic nitrogens is 2. The number of aryl methyl sites for hydroxylation is 2. The molecule has 1 aromatic heterocycles. The van der Waals surface area contributed by atoms with Gasteiger partial charge in [-0.3, -0.25) is 10.1 Å². The first-order valence-corrected chi connectivity index (χ1v) is 8.74. The van der Waals surface area contributed by atoms with E-state index in [9.17, 15) is 4.79 Å². The van der Waals surface area contributed by atoms with Crippen molar-refractivity contribution in [3.63, 3.8) is 0 Å². The third kappa shape index (κ3) is 4.22. The van der Waals surface area contributed by atoms with Crippen LogP contribution in [0.4, 0.5) is 5.13 Å². The van der Waals surface area contributed by atoms with Crippen molar-refractivity contribution >= 4 is 22.4 Å². The molecule has 0 unspecified atom stereocenters. The molecule has 128 valence electrons. The van der Waals surface area contributed by atoms with Crippen molar-refractivity contribution in [3.05, 3.63) is 59.2 Å². The van der Waals surface area contributed by atoms with Crippen LogP contribution in [0.2, 0.25) is 0 Å². The lowest BCUT2D eigenvalue weighted by molar-refractivity contribution is -0.118. The van der Waals surface area contributed by atoms with E-state index in [4.69, 9.17) is 4.74 Å². The second-order valence-corrected chi connectivity index (χ2v) is 6.80. The van der Waals surface area contributed by atoms with Gasteiger partial charge < -0.3 is 4.74 Å². The third-order valence-corrected chi connectivity index (χ3v) is 4.70. The number of hydrogen-bond donors (Lipinski definition) is 1. The highest BCUT2D eigenvalue weighted by Gasteiger charge is 2.11. The molecule has 3 aromatic rings. The molecule has 0 spiro atoms. The van der Waals surface area contributed by atoms with Crippen LogP contribution in [0.3, 0.4) is 0 Å². The minimum atomic E-state index is -0.255. The highest BCUT2D eigenvalue weighted by atomic mass is 32.1. The van der Waals surface area contributed by atoms with Gasteiger partial charge in [0.1, 0.15) is 10.8 Å². The summed E-state index contributed by atoms with van der Waals surface area (Å²) in [5.41, 5.74) is 4.27. The largest absolute Gasteiger partial charge is 0.483 e. The molecule has 0 saturated heterocycles. The number of anilines is 1. The molecule has 6 heteroatoms. The zero-order valence-electron chi connectivity index (χ0n) is 14.4. The van der Waals surface area contributed by atoms with Crippen LogP contribution in [0.5, 0.6) is 5.75 Å². The van der Waals surface area contributed by atoms with E-state index in [2.05, 4.69) is 21.6 Å². The Balaban J connectivity index is 1.61. The standard InChI is InChI=1S/C19H19N3O2S/c1-12-9-13(2)14(3)16(10-12)24-11-17(23)20-19-22-21-18(25-19)15-7-5-4-6-8-15/h4-10H,11H2,1-3H3,(H,20,22,23). The topological polar surface area (TPSA) is 64.1 Å². The average Bonchev–Trinajstić information content (AvgIpc) is 3.06. The minimum Gasteiger partial charge on any atom is -0.483 e. The quantitative estimate of drug-likeness (QED) is 0.748. The summed E-state index contributed by atoms with van der Waals surface area (Å²) in [5.74, 6) is 0.476. The summed E-state index contributed by atoms with van der Waals surface area (Å²) in [6.07, 6.45) is 0. The molecule has 0 aliphatic rings. The number of nitrogens with zero attached hydrogens (tertiary/aromatic N) is 2. The van der Waals surface area contributed by atoms with Crippen LogP contribution in [0, 0.1) is 20.8 Å². The monoisotopic (exact) mass is 353 g/mol. The molecule has 1 N–H and O–H groups in total. The van der Waals surface area contributed by atoms with Gasteiger partial charge in [0.05, 0.1) is 0 Å². The summed E-state index contributed by atoms with van der Waals surface area (Å²) in [6.45, 7) is 5.95. The predicted molar refractivity (Wildman–Crippen MR) is 100 cm³/mol. The van der Waals surface area contributed by atoms with E-state index in [-0.39, 0.29) is 12.5 Å². The molecule has 0 saturated carbocycles. The average molecular weight is 353 g/mol. The molecule has 0 bridgehead atoms. The van der Waals surface area contributed by atoms with Crippen LogP contribution < -0.4 is 10.1 Å². The molecule has 0 fully saturated rings. The first-order chi connectivity index (χ1) is 12.0. The fourth-order valence-corrected chi connectivity index (χ4v) is 3.19. The number of rotatable bonds is 5. The predicted octanol–water partition coefficient (Wildman–Crippen LogP) is 4.15. The SMILES string of the molecule is Cc1cc(C)c(C)c(OCC(=O)Nc2nnc(-c3ccccc3)s2)c1. The van der Waals surface area contributed by atoms with Crippen LogP contribution in [0.25, 0.3) is 10.6 Å². The summed E-state index contributed by atoms with van der Waals surface area (Å²) in [7, 11) is 0. The maximum atomic E-state index is 12.1. The first-order valence-electron chi connectivity index (χ1n) is 7.92. The van der Waals surface area contributed by atoms with Crippen LogP contribution in [0.15, 0.2) is 42.5 Å². The fourth-order valence-electron chi connectivity index (χ4n) is 2.42. The Morgan fingerprint density at radius 1 is 1.12 bits per heavy atom. The van der Waals surface area contributed by atoms with E-state index in [0.717, 1.165) is 33.0 Å². The molecule has 1 heterocycles. The Labute approximate surface area is 150 Å². The Hall–Kier alpha value is -2.73. The summed E-state index contributed by atoms with van der Waals surface area (Å²) in [6, 6.07) is 13.8. The number of carbonyl (C=O) groups excluding carboxylic acids is 1. The molecule has 1 amide bonds. The molecular weight excluding hydrogens is 334 g/mol. The second kappa shape index (κ2) is 7.44. The van der Waals surface area contributed by atoms with Crippen LogP contribution in [0.1, 0.15) is 16.7 Å². The van der Waals surface area contributed by atoms with Crippen LogP contribution in [-0.2, 0) is 4.79 Å². The number of amides is 1. The van der Waals surface area contributed by atoms with E-state index < -0.39 is 0 Å². The smallest absolute Gasteiger partial charge is 0.264 e. The number of hydrogen-bond acceptors (Lipinski definition) is 5. The summed E-state index contributed by atoms with van der Waals surface area (Å²) in [4.78, 5) is 12.1. The van der Waals surface area contributed by atoms with Crippen molar-refractivity contribution in [2.75, 3.05) is 11.9 Å². The molecular formula is C19H19N3O2S. The lowest BCUT2D eigenvalue weighted by atomic mass is 10.1. The van der Waals surface area contributed by atoms with Crippen LogP contribution in [-0.4, -0.2) is 22.7 Å². The molecule has 0 aliphatic heterocycles. The van der Waals surface area contributed by atoms with E-state index in [1.54, 1.807) is 0 Å². The molecule has 3 rings (SSSR count). The van der Waals surface area contributed by atoms with Gasteiger partial charge in [0.25, 0.3) is 5.91 Å². The Kier molecular flexibility index (Phi) is 5.09. The summed E-state index contributed by atoms with van der Waals surface area (Å²) >= 11 is 1.33. The van der Waals surface area contributed by atoms with Crippen molar-refractivity contribution in [1.82, 2.24) is 10.2 Å². The van der Waals surface area contributed by atoms with E-state index in [0.29, 0.717) is 5.13 Å². The van der Waals surface area contributed by atoms with Gasteiger partial charge in [0, 0.05) is 5.56 Å². The number of nitrogens with one attached hydrogen (secondary N) is 1. The van der Waals surface area contributed by atoms with Crippen molar-refractivity contribution in [3.8, 4) is 16.3 Å². The van der Waals surface area contributed by atoms with Gasteiger partial charge in [-0.1, -0.05) is 47.7 Å².